The van der Waals surface area contributed by atoms with Gasteiger partial charge in [-0.15, -0.1) is 0 Å². The molecule has 2 unspecified atom stereocenters. The van der Waals surface area contributed by atoms with Crippen molar-refractivity contribution in [2.24, 2.45) is 5.89 Å². The predicted molar refractivity (Wildman–Crippen MR) is 367 cm³/mol. The maximum atomic E-state index is 15.2. The van der Waals surface area contributed by atoms with Gasteiger partial charge in [-0.3, -0.25) is 19.2 Å². The highest BCUT2D eigenvalue weighted by molar-refractivity contribution is 7.98. The number of rotatable bonds is 26. The zero-order chi connectivity index (χ0) is 97.3. The fourth-order valence-corrected chi connectivity index (χ4v) is 11.0. The number of carbonyl (C=O) groups excluding carboxylic acids is 2. The van der Waals surface area contributed by atoms with Gasteiger partial charge >= 0.3 is 12.4 Å². The molecule has 2 heterocycles. The van der Waals surface area contributed by atoms with Gasteiger partial charge in [-0.05, 0) is 170 Å². The molecule has 514 valence electrons. The lowest BCUT2D eigenvalue weighted by Gasteiger charge is -2.33. The molecule has 0 saturated heterocycles. The maximum absolute atomic E-state index is 15.2. The molecular weight excluding hydrogens is 1290 g/mol. The molecule has 2 amide bonds. The van der Waals surface area contributed by atoms with Crippen LogP contribution in [0.5, 0.6) is 0 Å². The molecule has 2 atom stereocenters. The van der Waals surface area contributed by atoms with Gasteiger partial charge in [0.15, 0.2) is 10.3 Å². The average molecular weight is 1410 g/mol. The summed E-state index contributed by atoms with van der Waals surface area (Å²) in [6, 6.07) is -2.91. The molecule has 97 heavy (non-hydrogen) atoms. The average Bonchev–Trinajstić information content (AvgIpc) is 1.52. The topological polar surface area (TPSA) is 117 Å². The van der Waals surface area contributed by atoms with E-state index < -0.39 is 260 Å². The Morgan fingerprint density at radius 2 is 1.16 bits per heavy atom. The van der Waals surface area contributed by atoms with Crippen molar-refractivity contribution in [3.63, 3.8) is 0 Å². The molecule has 2 aromatic heterocycles. The lowest BCUT2D eigenvalue weighted by atomic mass is 9.98. The normalized spacial score (nSPS) is 21.7. The number of hydrogen-bond donors (Lipinski definition) is 0. The second-order valence-electron chi connectivity index (χ2n) is 21.2. The molecule has 2 aliphatic rings. The summed E-state index contributed by atoms with van der Waals surface area (Å²) in [5, 5.41) is -1.46. The number of aromatic nitrogens is 4. The van der Waals surface area contributed by atoms with Crippen LogP contribution in [0.2, 0.25) is 0 Å². The van der Waals surface area contributed by atoms with Crippen molar-refractivity contribution in [3.8, 4) is 22.3 Å². The summed E-state index contributed by atoms with van der Waals surface area (Å²) < 4.78 is 385. The van der Waals surface area contributed by atoms with Crippen molar-refractivity contribution in [2.45, 2.75) is 140 Å². The van der Waals surface area contributed by atoms with E-state index in [-0.39, 0.29) is 84.9 Å². The first kappa shape index (κ1) is 42.1. The third-order valence-corrected chi connectivity index (χ3v) is 16.4. The first-order valence-corrected chi connectivity index (χ1v) is 31.5. The first-order valence-electron chi connectivity index (χ1n) is 45.3. The molecule has 8 aromatic rings. The van der Waals surface area contributed by atoms with E-state index in [4.69, 9.17) is 32.9 Å². The first-order chi connectivity index (χ1) is 58.4. The van der Waals surface area contributed by atoms with Crippen LogP contribution in [0.4, 0.5) is 35.1 Å². The van der Waals surface area contributed by atoms with Crippen LogP contribution < -0.4 is 11.1 Å². The summed E-state index contributed by atoms with van der Waals surface area (Å²) in [4.78, 5) is 66.5. The van der Waals surface area contributed by atoms with Crippen LogP contribution >= 0.6 is 23.5 Å². The summed E-state index contributed by atoms with van der Waals surface area (Å²) in [7, 11) is 0. The third-order valence-electron chi connectivity index (χ3n) is 14.7. The highest BCUT2D eigenvalue weighted by atomic mass is 32.2. The molecule has 0 saturated carbocycles. The minimum atomic E-state index is -5.26. The van der Waals surface area contributed by atoms with Crippen LogP contribution in [-0.4, -0.2) is 103 Å². The Balaban J connectivity index is 0.000000292. The van der Waals surface area contributed by atoms with Gasteiger partial charge in [-0.2, -0.15) is 36.3 Å². The Labute approximate surface area is 613 Å². The van der Waals surface area contributed by atoms with Gasteiger partial charge in [0.1, 0.15) is 24.7 Å². The number of benzene rings is 6. The fourth-order valence-electron chi connectivity index (χ4n) is 9.59. The van der Waals surface area contributed by atoms with Gasteiger partial charge in [0, 0.05) is 84.2 Å². The number of hydrogen-bond acceptors (Lipinski definition) is 10. The molecule has 0 aliphatic heterocycles. The van der Waals surface area contributed by atoms with Crippen LogP contribution in [-0.2, 0) is 78.5 Å². The van der Waals surface area contributed by atoms with E-state index in [9.17, 15) is 59.1 Å². The van der Waals surface area contributed by atoms with Crippen molar-refractivity contribution in [1.82, 2.24) is 38.7 Å². The van der Waals surface area contributed by atoms with Gasteiger partial charge < -0.3 is 28.7 Å². The Morgan fingerprint density at radius 1 is 0.629 bits per heavy atom. The largest absolute Gasteiger partial charge is 0.416 e. The monoisotopic (exact) mass is 1410 g/mol. The van der Waals surface area contributed by atoms with Crippen molar-refractivity contribution < 1.29 is 87.2 Å². The predicted octanol–water partition coefficient (Wildman–Crippen LogP) is 15.6. The van der Waals surface area contributed by atoms with Crippen LogP contribution in [0.1, 0.15) is 158 Å². The van der Waals surface area contributed by atoms with E-state index in [1.807, 2.05) is 0 Å². The summed E-state index contributed by atoms with van der Waals surface area (Å²) in [5.74, 6) is -8.45. The quantitative estimate of drug-likeness (QED) is 0.0295. The van der Waals surface area contributed by atoms with Crippen LogP contribution in [0, 0.1) is 24.5 Å². The lowest BCUT2D eigenvalue weighted by Crippen LogP contribution is -2.42. The van der Waals surface area contributed by atoms with E-state index in [1.54, 1.807) is 13.8 Å². The van der Waals surface area contributed by atoms with E-state index in [2.05, 4.69) is 9.97 Å². The molecule has 10 rings (SSSR count). The molecule has 12 nitrogen and oxygen atoms in total. The molecule has 6 aromatic carbocycles. The highest BCUT2D eigenvalue weighted by Gasteiger charge is 2.34. The second kappa shape index (κ2) is 33.1. The Kier molecular flexibility index (Phi) is 14.4. The third kappa shape index (κ3) is 19.1. The minimum absolute atomic E-state index is 0.00593. The minimum Gasteiger partial charge on any atom is -0.336 e. The van der Waals surface area contributed by atoms with Crippen molar-refractivity contribution in [3.05, 3.63) is 233 Å². The van der Waals surface area contributed by atoms with Crippen LogP contribution in [0.25, 0.3) is 22.3 Å². The molecule has 0 spiro atoms. The number of amides is 2. The SMILES string of the molecule is [2H]c1c([2H])c(C([2H])([2H])N(C(=O)Cn2c(SC([2H])([2H])c3ccc(F)cc3)nc(=O)c3c2C([2H])([2H])C([2H])(C)C3([2H])[2H])C([2H])([2H])C([2H])([2H])N(CC)CC)c([2H])c([2H])c1-c1c([2H])c([2H])c(C(F)(F)F)c(C)c1[2H].[2H]c1c([2H])c(C([2H])([2H])Sc2nc(=O)c3c(n2CC(=O)N(C([2H])(C)c2ccc(-c4ccc(C(F)(F)F)cc4)cc2)C([2H])([2H])C([2H])([2H])N(CC)CC)CCC3)c([2H])c([2H])c1F. The summed E-state index contributed by atoms with van der Waals surface area (Å²) in [6.07, 6.45) is -15.6. The van der Waals surface area contributed by atoms with Gasteiger partial charge in [0.05, 0.1) is 41.8 Å². The smallest absolute Gasteiger partial charge is 0.336 e. The van der Waals surface area contributed by atoms with Crippen molar-refractivity contribution in [2.75, 3.05) is 52.2 Å². The molecule has 0 N–H and O–H groups in total. The van der Waals surface area contributed by atoms with Gasteiger partial charge in [0.25, 0.3) is 11.1 Å². The second-order valence-corrected chi connectivity index (χ2v) is 22.7. The molecular formula is C75H82F8N8O4S2. The van der Waals surface area contributed by atoms with E-state index in [0.717, 1.165) is 71.5 Å². The Bertz CT molecular complexity index is 5720. The number of thioether (sulfide) groups is 2. The number of nitrogens with zero attached hydrogens (tertiary/aromatic N) is 8. The summed E-state index contributed by atoms with van der Waals surface area (Å²) in [5.41, 5.74) is -17.5. The summed E-state index contributed by atoms with van der Waals surface area (Å²) >= 11 is 0.108. The fraction of sp³-hybridized carbons (Fsp3) is 0.387. The molecule has 22 heteroatoms. The van der Waals surface area contributed by atoms with Crippen LogP contribution in [0.3, 0.4) is 0 Å². The van der Waals surface area contributed by atoms with E-state index in [1.165, 1.54) is 50.2 Å². The van der Waals surface area contributed by atoms with Crippen molar-refractivity contribution >= 4 is 35.3 Å². The maximum Gasteiger partial charge on any atom is 0.416 e. The Morgan fingerprint density at radius 3 is 1.75 bits per heavy atom. The van der Waals surface area contributed by atoms with Gasteiger partial charge in [0.2, 0.25) is 11.8 Å². The number of halogens is 8. The number of likely N-dealkylation sites (N-methyl/N-ethyl adjacent to an activating group) is 2. The number of carbonyl (C=O) groups is 2. The summed E-state index contributed by atoms with van der Waals surface area (Å²) in [6.45, 7) is -12.6. The Hall–Kier alpha value is -7.92. The lowest BCUT2D eigenvalue weighted by molar-refractivity contribution is -0.138. The standard InChI is InChI=1S/C38H42F4N4O2S.C37H40F4N4O2S/c1-5-44(6-2)17-18-45(22-27-7-11-29(12-8-27)30-13-16-33(26(4)21-30)38(40,41)42)35(47)23-46-34-20-25(3)19-32(34)36(48)43-37(46)49-24-28-9-14-31(39)15-10-28;1-4-43(5-2)21-22-44(25(3)27-11-13-28(14-12-27)29-15-17-30(18-16-29)37(39,40)41)34(46)23-45-33-8-6-7-32(33)35(47)42-36(45)48-24-26-9-19-31(38)20-10-26/h7-16,21,25H,5-6,17-20,22-24H2,1-4H3;9-20,25H,4-8,21-24H2,1-3H3/i7D,8D,11D,12D,13D,16D,17D2,18D2,19D2,20D2,21D,22D2,24D2,25D;9D,10D,19D,20D,21D2,22D2,24D2,25D. The van der Waals surface area contributed by atoms with Gasteiger partial charge in [-0.1, -0.05) is 155 Å². The van der Waals surface area contributed by atoms with Gasteiger partial charge in [-0.25, -0.2) is 8.78 Å². The molecule has 0 radical (unpaired) electrons. The molecule has 0 bridgehead atoms. The zero-order valence-corrected chi connectivity index (χ0v) is 54.5. The van der Waals surface area contributed by atoms with E-state index >= 15 is 4.79 Å². The highest BCUT2D eigenvalue weighted by Crippen LogP contribution is 2.36. The number of fused-ring (bicyclic) bond motifs is 2. The molecule has 2 aliphatic carbocycles. The van der Waals surface area contributed by atoms with Crippen LogP contribution in [0.15, 0.2) is 159 Å². The zero-order valence-electron chi connectivity index (χ0n) is 83.8. The van der Waals surface area contributed by atoms with Crippen molar-refractivity contribution in [1.29, 1.82) is 0 Å². The number of alkyl halides is 6. The van der Waals surface area contributed by atoms with E-state index in [0.29, 0.717) is 27.0 Å². The molecule has 0 fully saturated rings.